The van der Waals surface area contributed by atoms with Crippen molar-refractivity contribution < 1.29 is 4.39 Å². The minimum absolute atomic E-state index is 0.261. The fourth-order valence-electron chi connectivity index (χ4n) is 2.71. The number of nitrogens with one attached hydrogen (secondary N) is 1. The Balaban J connectivity index is 1.54. The van der Waals surface area contributed by atoms with Gasteiger partial charge < -0.3 is 9.38 Å². The third kappa shape index (κ3) is 3.02. The van der Waals surface area contributed by atoms with Crippen molar-refractivity contribution in [2.24, 2.45) is 0 Å². The highest BCUT2D eigenvalue weighted by Gasteiger charge is 2.11. The van der Waals surface area contributed by atoms with E-state index in [1.807, 2.05) is 35.0 Å². The first-order valence-electron chi connectivity index (χ1n) is 7.67. The van der Waals surface area contributed by atoms with Gasteiger partial charge in [0.25, 0.3) is 0 Å². The largest absolute Gasteiger partial charge is 0.333 e. The molecule has 25 heavy (non-hydrogen) atoms. The van der Waals surface area contributed by atoms with Crippen LogP contribution in [0, 0.1) is 17.1 Å². The molecule has 4 aromatic rings. The number of halogens is 1. The molecule has 4 nitrogen and oxygen atoms in total. The summed E-state index contributed by atoms with van der Waals surface area (Å²) in [5.41, 5.74) is 4.29. The predicted octanol–water partition coefficient (Wildman–Crippen LogP) is 4.63. The Labute approximate surface area is 148 Å². The number of aromatic nitrogens is 3. The second kappa shape index (κ2) is 6.46. The minimum atomic E-state index is -0.261. The van der Waals surface area contributed by atoms with Crippen LogP contribution in [0.4, 0.5) is 4.39 Å². The number of fused-ring (bicyclic) bond motifs is 1. The predicted molar refractivity (Wildman–Crippen MR) is 95.7 cm³/mol. The van der Waals surface area contributed by atoms with Crippen molar-refractivity contribution in [3.05, 3.63) is 78.0 Å². The molecule has 0 unspecified atom stereocenters. The topological polar surface area (TPSA) is 56.9 Å². The highest BCUT2D eigenvalue weighted by atomic mass is 32.2. The Hall–Kier alpha value is -3.04. The summed E-state index contributed by atoms with van der Waals surface area (Å²) in [6, 6.07) is 14.4. The number of aromatic amines is 1. The zero-order valence-corrected chi connectivity index (χ0v) is 13.9. The average Bonchev–Trinajstić information content (AvgIpc) is 3.24. The molecule has 0 saturated carbocycles. The number of pyridine rings is 1. The summed E-state index contributed by atoms with van der Waals surface area (Å²) < 4.78 is 15.0. The van der Waals surface area contributed by atoms with Crippen LogP contribution in [0.1, 0.15) is 11.1 Å². The van der Waals surface area contributed by atoms with Crippen molar-refractivity contribution >= 4 is 17.3 Å². The SMILES string of the molecule is N#Cc1c(CSc2ncc(-c3ccc(F)cc3)[nH]2)cn2ccccc12. The second-order valence-electron chi connectivity index (χ2n) is 5.53. The summed E-state index contributed by atoms with van der Waals surface area (Å²) in [5, 5.41) is 10.2. The van der Waals surface area contributed by atoms with Crippen molar-refractivity contribution in [3.8, 4) is 17.3 Å². The summed E-state index contributed by atoms with van der Waals surface area (Å²) in [5.74, 6) is 0.378. The van der Waals surface area contributed by atoms with Crippen LogP contribution in [0.15, 0.2) is 66.2 Å². The maximum atomic E-state index is 13.0. The van der Waals surface area contributed by atoms with Crippen molar-refractivity contribution in [2.45, 2.75) is 10.9 Å². The van der Waals surface area contributed by atoms with E-state index in [0.29, 0.717) is 11.3 Å². The molecule has 0 radical (unpaired) electrons. The molecule has 0 fully saturated rings. The summed E-state index contributed by atoms with van der Waals surface area (Å²) in [6.07, 6.45) is 5.64. The molecule has 0 spiro atoms. The Morgan fingerprint density at radius 2 is 2.04 bits per heavy atom. The van der Waals surface area contributed by atoms with Crippen LogP contribution in [0.3, 0.4) is 0 Å². The van der Waals surface area contributed by atoms with Crippen LogP contribution in [0.25, 0.3) is 16.8 Å². The van der Waals surface area contributed by atoms with E-state index >= 15 is 0 Å². The van der Waals surface area contributed by atoms with E-state index in [0.717, 1.165) is 27.5 Å². The normalized spacial score (nSPS) is 10.9. The number of hydrogen-bond acceptors (Lipinski definition) is 3. The van der Waals surface area contributed by atoms with Gasteiger partial charge in [-0.1, -0.05) is 17.8 Å². The highest BCUT2D eigenvalue weighted by molar-refractivity contribution is 7.98. The quantitative estimate of drug-likeness (QED) is 0.547. The number of hydrogen-bond donors (Lipinski definition) is 1. The number of imidazole rings is 1. The lowest BCUT2D eigenvalue weighted by atomic mass is 10.2. The molecule has 0 aliphatic carbocycles. The molecule has 1 aromatic carbocycles. The number of benzene rings is 1. The van der Waals surface area contributed by atoms with Gasteiger partial charge >= 0.3 is 0 Å². The molecular weight excluding hydrogens is 335 g/mol. The maximum absolute atomic E-state index is 13.0. The van der Waals surface area contributed by atoms with Gasteiger partial charge in [0.1, 0.15) is 11.9 Å². The summed E-state index contributed by atoms with van der Waals surface area (Å²) >= 11 is 1.53. The molecule has 122 valence electrons. The fraction of sp³-hybridized carbons (Fsp3) is 0.0526. The van der Waals surface area contributed by atoms with Crippen molar-refractivity contribution in [3.63, 3.8) is 0 Å². The lowest BCUT2D eigenvalue weighted by Gasteiger charge is -1.98. The summed E-state index contributed by atoms with van der Waals surface area (Å²) in [6.45, 7) is 0. The third-order valence-electron chi connectivity index (χ3n) is 3.95. The molecular formula is C19H13FN4S. The van der Waals surface area contributed by atoms with E-state index in [4.69, 9.17) is 0 Å². The molecule has 3 aromatic heterocycles. The number of nitriles is 1. The molecule has 1 N–H and O–H groups in total. The van der Waals surface area contributed by atoms with Crippen LogP contribution in [0.2, 0.25) is 0 Å². The van der Waals surface area contributed by atoms with E-state index < -0.39 is 0 Å². The van der Waals surface area contributed by atoms with Crippen molar-refractivity contribution in [1.82, 2.24) is 14.4 Å². The molecule has 0 aliphatic heterocycles. The van der Waals surface area contributed by atoms with Crippen LogP contribution in [-0.4, -0.2) is 14.4 Å². The Kier molecular flexibility index (Phi) is 4.00. The molecule has 0 saturated heterocycles. The van der Waals surface area contributed by atoms with Gasteiger partial charge in [0.2, 0.25) is 0 Å². The molecule has 0 bridgehead atoms. The Bertz CT molecular complexity index is 1070. The summed E-state index contributed by atoms with van der Waals surface area (Å²) in [4.78, 5) is 7.59. The fourth-order valence-corrected chi connectivity index (χ4v) is 3.53. The first-order chi connectivity index (χ1) is 12.2. The summed E-state index contributed by atoms with van der Waals surface area (Å²) in [7, 11) is 0. The zero-order chi connectivity index (χ0) is 17.2. The van der Waals surface area contributed by atoms with Crippen molar-refractivity contribution in [1.29, 1.82) is 5.26 Å². The van der Waals surface area contributed by atoms with Gasteiger partial charge in [0.05, 0.1) is 23.0 Å². The lowest BCUT2D eigenvalue weighted by Crippen LogP contribution is -1.83. The van der Waals surface area contributed by atoms with E-state index in [1.165, 1.54) is 23.9 Å². The smallest absolute Gasteiger partial charge is 0.166 e. The minimum Gasteiger partial charge on any atom is -0.333 e. The van der Waals surface area contributed by atoms with Crippen molar-refractivity contribution in [2.75, 3.05) is 0 Å². The van der Waals surface area contributed by atoms with E-state index in [-0.39, 0.29) is 5.82 Å². The van der Waals surface area contributed by atoms with E-state index in [1.54, 1.807) is 18.3 Å². The molecule has 3 heterocycles. The number of nitrogens with zero attached hydrogens (tertiary/aromatic N) is 3. The molecule has 0 aliphatic rings. The van der Waals surface area contributed by atoms with Crippen LogP contribution in [0.5, 0.6) is 0 Å². The van der Waals surface area contributed by atoms with Gasteiger partial charge in [-0.3, -0.25) is 0 Å². The van der Waals surface area contributed by atoms with Crippen LogP contribution >= 0.6 is 11.8 Å². The van der Waals surface area contributed by atoms with Gasteiger partial charge in [0.15, 0.2) is 5.16 Å². The monoisotopic (exact) mass is 348 g/mol. The van der Waals surface area contributed by atoms with E-state index in [9.17, 15) is 9.65 Å². The molecule has 6 heteroatoms. The first-order valence-corrected chi connectivity index (χ1v) is 8.65. The number of rotatable bonds is 4. The molecule has 0 atom stereocenters. The Morgan fingerprint density at radius 1 is 1.20 bits per heavy atom. The van der Waals surface area contributed by atoms with Gasteiger partial charge in [-0.25, -0.2) is 9.37 Å². The van der Waals surface area contributed by atoms with Gasteiger partial charge in [0, 0.05) is 18.1 Å². The van der Waals surface area contributed by atoms with Crippen LogP contribution < -0.4 is 0 Å². The van der Waals surface area contributed by atoms with Gasteiger partial charge in [-0.15, -0.1) is 0 Å². The zero-order valence-electron chi connectivity index (χ0n) is 13.1. The maximum Gasteiger partial charge on any atom is 0.166 e. The number of H-pyrrole nitrogens is 1. The van der Waals surface area contributed by atoms with Gasteiger partial charge in [-0.05, 0) is 47.5 Å². The first kappa shape index (κ1) is 15.5. The van der Waals surface area contributed by atoms with Crippen LogP contribution in [-0.2, 0) is 5.75 Å². The number of thioether (sulfide) groups is 1. The second-order valence-corrected chi connectivity index (χ2v) is 6.50. The molecule has 4 rings (SSSR count). The van der Waals surface area contributed by atoms with E-state index in [2.05, 4.69) is 16.0 Å². The average molecular weight is 348 g/mol. The lowest BCUT2D eigenvalue weighted by molar-refractivity contribution is 0.628. The Morgan fingerprint density at radius 3 is 2.84 bits per heavy atom. The third-order valence-corrected chi connectivity index (χ3v) is 4.88. The van der Waals surface area contributed by atoms with Gasteiger partial charge in [-0.2, -0.15) is 5.26 Å². The standard InChI is InChI=1S/C19H13FN4S/c20-15-6-4-13(5-7-15)17-10-22-19(23-17)25-12-14-11-24-8-2-1-3-18(24)16(14)9-21/h1-8,10-11H,12H2,(H,22,23). The molecule has 0 amide bonds. The highest BCUT2D eigenvalue weighted by Crippen LogP contribution is 2.27.